The highest BCUT2D eigenvalue weighted by atomic mass is 19.1. The van der Waals surface area contributed by atoms with Crippen molar-refractivity contribution in [1.82, 2.24) is 4.98 Å². The average Bonchev–Trinajstić information content (AvgIpc) is 1.85. The van der Waals surface area contributed by atoms with Crippen molar-refractivity contribution in [3.8, 4) is 0 Å². The van der Waals surface area contributed by atoms with Gasteiger partial charge in [-0.3, -0.25) is 4.79 Å². The molecule has 0 aliphatic rings. The second-order valence-electron chi connectivity index (χ2n) is 2.23. The molecule has 1 heterocycles. The molecule has 3 N–H and O–H groups in total. The summed E-state index contributed by atoms with van der Waals surface area (Å²) >= 11 is 0. The number of halogens is 1. The minimum atomic E-state index is -0.516. The van der Waals surface area contributed by atoms with Crippen LogP contribution in [0.3, 0.4) is 0 Å². The third kappa shape index (κ3) is 2.16. The van der Waals surface area contributed by atoms with E-state index in [1.54, 1.807) is 0 Å². The van der Waals surface area contributed by atoms with Crippen LogP contribution in [0.1, 0.15) is 5.69 Å². The van der Waals surface area contributed by atoms with Crippen molar-refractivity contribution >= 4 is 0 Å². The molecule has 0 aliphatic carbocycles. The fourth-order valence-electron chi connectivity index (χ4n) is 0.854. The summed E-state index contributed by atoms with van der Waals surface area (Å²) in [5.41, 5.74) is 5.33. The lowest BCUT2D eigenvalue weighted by molar-refractivity contribution is 0.619. The molecule has 1 aromatic rings. The molecule has 0 unspecified atom stereocenters. The quantitative estimate of drug-likeness (QED) is 0.634. The fraction of sp³-hybridized carbons (Fsp3) is 0.286. The van der Waals surface area contributed by atoms with Crippen molar-refractivity contribution in [3.63, 3.8) is 0 Å². The smallest absolute Gasteiger partial charge is 0.251 e. The normalized spacial score (nSPS) is 10.0. The zero-order valence-electron chi connectivity index (χ0n) is 5.93. The van der Waals surface area contributed by atoms with Gasteiger partial charge in [-0.15, -0.1) is 0 Å². The Kier molecular flexibility index (Phi) is 2.38. The first kappa shape index (κ1) is 7.94. The van der Waals surface area contributed by atoms with E-state index in [4.69, 9.17) is 5.73 Å². The molecule has 0 spiro atoms. The summed E-state index contributed by atoms with van der Waals surface area (Å²) in [5, 5.41) is 0. The highest BCUT2D eigenvalue weighted by Gasteiger charge is 1.96. The molecule has 1 aromatic heterocycles. The largest absolute Gasteiger partial charge is 0.330 e. The van der Waals surface area contributed by atoms with Crippen LogP contribution in [0, 0.1) is 5.82 Å². The summed E-state index contributed by atoms with van der Waals surface area (Å²) in [6.07, 6.45) is 0.493. The molecule has 60 valence electrons. The predicted molar refractivity (Wildman–Crippen MR) is 39.8 cm³/mol. The van der Waals surface area contributed by atoms with Crippen LogP contribution < -0.4 is 11.3 Å². The van der Waals surface area contributed by atoms with Crippen molar-refractivity contribution in [2.45, 2.75) is 6.42 Å². The number of pyridine rings is 1. The first-order chi connectivity index (χ1) is 5.22. The Bertz CT molecular complexity index is 295. The molecule has 0 bridgehead atoms. The molecule has 4 heteroatoms. The molecule has 1 rings (SSSR count). The molecule has 0 aromatic carbocycles. The van der Waals surface area contributed by atoms with E-state index in [0.717, 1.165) is 6.07 Å². The molecular formula is C7H9FN2O. The number of H-pyrrole nitrogens is 1. The predicted octanol–water partition coefficient (Wildman–Crippen LogP) is 0.0152. The number of hydrogen-bond donors (Lipinski definition) is 2. The number of rotatable bonds is 2. The summed E-state index contributed by atoms with van der Waals surface area (Å²) in [6.45, 7) is 0.402. The summed E-state index contributed by atoms with van der Waals surface area (Å²) < 4.78 is 12.5. The van der Waals surface area contributed by atoms with E-state index >= 15 is 0 Å². The highest BCUT2D eigenvalue weighted by molar-refractivity contribution is 5.06. The zero-order chi connectivity index (χ0) is 8.27. The van der Waals surface area contributed by atoms with Crippen LogP contribution in [0.2, 0.25) is 0 Å². The van der Waals surface area contributed by atoms with E-state index in [-0.39, 0.29) is 0 Å². The zero-order valence-corrected chi connectivity index (χ0v) is 5.93. The van der Waals surface area contributed by atoms with Crippen LogP contribution in [0.15, 0.2) is 16.9 Å². The Hall–Kier alpha value is -1.16. The van der Waals surface area contributed by atoms with Crippen LogP contribution in [0.25, 0.3) is 0 Å². The molecule has 11 heavy (non-hydrogen) atoms. The van der Waals surface area contributed by atoms with Gasteiger partial charge in [0.15, 0.2) is 0 Å². The Morgan fingerprint density at radius 2 is 2.27 bits per heavy atom. The molecule has 0 atom stereocenters. The van der Waals surface area contributed by atoms with E-state index in [2.05, 4.69) is 4.98 Å². The lowest BCUT2D eigenvalue weighted by Gasteiger charge is -1.96. The molecule has 0 amide bonds. The van der Waals surface area contributed by atoms with Gasteiger partial charge in [0, 0.05) is 11.8 Å². The van der Waals surface area contributed by atoms with Crippen LogP contribution in [-0.4, -0.2) is 11.5 Å². The lowest BCUT2D eigenvalue weighted by atomic mass is 10.3. The number of aromatic nitrogens is 1. The van der Waals surface area contributed by atoms with Gasteiger partial charge in [-0.25, -0.2) is 4.39 Å². The average molecular weight is 156 g/mol. The van der Waals surface area contributed by atoms with Gasteiger partial charge in [0.25, 0.3) is 5.56 Å². The summed E-state index contributed by atoms with van der Waals surface area (Å²) in [4.78, 5) is 13.1. The number of nitrogens with two attached hydrogens (primary N) is 1. The Morgan fingerprint density at radius 3 is 2.82 bits per heavy atom. The second-order valence-corrected chi connectivity index (χ2v) is 2.23. The molecule has 0 radical (unpaired) electrons. The van der Waals surface area contributed by atoms with Crippen LogP contribution >= 0.6 is 0 Å². The van der Waals surface area contributed by atoms with Crippen molar-refractivity contribution < 1.29 is 4.39 Å². The van der Waals surface area contributed by atoms with Crippen LogP contribution in [-0.2, 0) is 6.42 Å². The Morgan fingerprint density at radius 1 is 1.55 bits per heavy atom. The van der Waals surface area contributed by atoms with E-state index in [0.29, 0.717) is 18.7 Å². The van der Waals surface area contributed by atoms with Gasteiger partial charge < -0.3 is 10.7 Å². The lowest BCUT2D eigenvalue weighted by Crippen LogP contribution is -2.12. The van der Waals surface area contributed by atoms with Gasteiger partial charge in [0.2, 0.25) is 0 Å². The monoisotopic (exact) mass is 156 g/mol. The highest BCUT2D eigenvalue weighted by Crippen LogP contribution is 1.95. The minimum Gasteiger partial charge on any atom is -0.330 e. The third-order valence-electron chi connectivity index (χ3n) is 1.28. The second kappa shape index (κ2) is 3.30. The SMILES string of the molecule is NCCc1cc(F)cc(=O)[nH]1. The maximum absolute atomic E-state index is 12.5. The first-order valence-electron chi connectivity index (χ1n) is 3.31. The number of hydrogen-bond acceptors (Lipinski definition) is 2. The first-order valence-corrected chi connectivity index (χ1v) is 3.31. The van der Waals surface area contributed by atoms with Crippen molar-refractivity contribution in [1.29, 1.82) is 0 Å². The number of aromatic amines is 1. The standard InChI is InChI=1S/C7H9FN2O/c8-5-3-6(1-2-9)10-7(11)4-5/h3-4H,1-2,9H2,(H,10,11). The summed E-state index contributed by atoms with van der Waals surface area (Å²) in [5.74, 6) is -0.516. The van der Waals surface area contributed by atoms with Crippen molar-refractivity contribution in [3.05, 3.63) is 34.0 Å². The fourth-order valence-corrected chi connectivity index (χ4v) is 0.854. The summed E-state index contributed by atoms with van der Waals surface area (Å²) in [6, 6.07) is 2.17. The van der Waals surface area contributed by atoms with E-state index in [1.807, 2.05) is 0 Å². The topological polar surface area (TPSA) is 58.9 Å². The Labute approximate surface area is 63.0 Å². The van der Waals surface area contributed by atoms with Crippen molar-refractivity contribution in [2.75, 3.05) is 6.54 Å². The molecule has 0 saturated carbocycles. The Balaban J connectivity index is 2.99. The molecule has 0 aliphatic heterocycles. The summed E-state index contributed by atoms with van der Waals surface area (Å²) in [7, 11) is 0. The van der Waals surface area contributed by atoms with Crippen LogP contribution in [0.5, 0.6) is 0 Å². The maximum Gasteiger partial charge on any atom is 0.251 e. The van der Waals surface area contributed by atoms with Gasteiger partial charge >= 0.3 is 0 Å². The number of nitrogens with one attached hydrogen (secondary N) is 1. The van der Waals surface area contributed by atoms with Gasteiger partial charge in [-0.2, -0.15) is 0 Å². The van der Waals surface area contributed by atoms with Gasteiger partial charge in [0.05, 0.1) is 0 Å². The van der Waals surface area contributed by atoms with Gasteiger partial charge in [0.1, 0.15) is 5.82 Å². The van der Waals surface area contributed by atoms with E-state index in [9.17, 15) is 9.18 Å². The van der Waals surface area contributed by atoms with Gasteiger partial charge in [-0.05, 0) is 19.0 Å². The van der Waals surface area contributed by atoms with E-state index < -0.39 is 11.4 Å². The van der Waals surface area contributed by atoms with E-state index in [1.165, 1.54) is 6.07 Å². The molecular weight excluding hydrogens is 147 g/mol. The third-order valence-corrected chi connectivity index (χ3v) is 1.28. The molecule has 0 fully saturated rings. The van der Waals surface area contributed by atoms with Gasteiger partial charge in [-0.1, -0.05) is 0 Å². The van der Waals surface area contributed by atoms with Crippen LogP contribution in [0.4, 0.5) is 4.39 Å². The minimum absolute atomic E-state index is 0.402. The molecule has 3 nitrogen and oxygen atoms in total. The molecule has 0 saturated heterocycles. The van der Waals surface area contributed by atoms with Crippen molar-refractivity contribution in [2.24, 2.45) is 5.73 Å². The maximum atomic E-state index is 12.5.